The maximum atomic E-state index is 12.7. The predicted molar refractivity (Wildman–Crippen MR) is 104 cm³/mol. The minimum Gasteiger partial charge on any atom is -0.371 e. The maximum absolute atomic E-state index is 12.7. The number of rotatable bonds is 5. The summed E-state index contributed by atoms with van der Waals surface area (Å²) in [6.07, 6.45) is 3.76. The molecule has 1 fully saturated rings. The molecule has 2 unspecified atom stereocenters. The number of pyridine rings is 1. The van der Waals surface area contributed by atoms with Gasteiger partial charge in [-0.3, -0.25) is 19.9 Å². The van der Waals surface area contributed by atoms with Crippen LogP contribution in [0, 0.1) is 16.0 Å². The number of nitro groups is 1. The fourth-order valence-corrected chi connectivity index (χ4v) is 3.43. The SMILES string of the molecule is CC1CCCN(C(=O)c2ccc(NC(C)c3ccccn3)c([N+](=O)[O-])c2)C1. The lowest BCUT2D eigenvalue weighted by molar-refractivity contribution is -0.384. The van der Waals surface area contributed by atoms with Crippen molar-refractivity contribution in [1.29, 1.82) is 0 Å². The third-order valence-corrected chi connectivity index (χ3v) is 4.89. The predicted octanol–water partition coefficient (Wildman–Crippen LogP) is 4.04. The monoisotopic (exact) mass is 368 g/mol. The van der Waals surface area contributed by atoms with Gasteiger partial charge in [-0.25, -0.2) is 0 Å². The normalized spacial score (nSPS) is 18.0. The van der Waals surface area contributed by atoms with Gasteiger partial charge in [-0.05, 0) is 49.9 Å². The van der Waals surface area contributed by atoms with Gasteiger partial charge in [0.2, 0.25) is 0 Å². The van der Waals surface area contributed by atoms with Crippen LogP contribution in [-0.4, -0.2) is 33.8 Å². The molecular formula is C20H24N4O3. The summed E-state index contributed by atoms with van der Waals surface area (Å²) < 4.78 is 0. The Hall–Kier alpha value is -2.96. The Balaban J connectivity index is 1.82. The fourth-order valence-electron chi connectivity index (χ4n) is 3.43. The topological polar surface area (TPSA) is 88.4 Å². The van der Waals surface area contributed by atoms with E-state index in [1.54, 1.807) is 23.2 Å². The average Bonchev–Trinajstić information content (AvgIpc) is 2.68. The first-order valence-electron chi connectivity index (χ1n) is 9.21. The lowest BCUT2D eigenvalue weighted by Gasteiger charge is -2.31. The standard InChI is InChI=1S/C20H24N4O3/c1-14-6-5-11-23(13-14)20(25)16-8-9-18(19(12-16)24(26)27)22-15(2)17-7-3-4-10-21-17/h3-4,7-10,12,14-15,22H,5-6,11,13H2,1-2H3. The van der Waals surface area contributed by atoms with E-state index in [1.165, 1.54) is 6.07 Å². The summed E-state index contributed by atoms with van der Waals surface area (Å²) in [5.41, 5.74) is 1.41. The summed E-state index contributed by atoms with van der Waals surface area (Å²) in [6.45, 7) is 5.41. The maximum Gasteiger partial charge on any atom is 0.293 e. The van der Waals surface area contributed by atoms with Crippen LogP contribution in [0.15, 0.2) is 42.6 Å². The molecule has 2 heterocycles. The summed E-state index contributed by atoms with van der Waals surface area (Å²) >= 11 is 0. The number of aromatic nitrogens is 1. The van der Waals surface area contributed by atoms with E-state index < -0.39 is 4.92 Å². The quantitative estimate of drug-likeness (QED) is 0.636. The molecule has 0 spiro atoms. The van der Waals surface area contributed by atoms with E-state index in [2.05, 4.69) is 17.2 Å². The van der Waals surface area contributed by atoms with Crippen molar-refractivity contribution < 1.29 is 9.72 Å². The molecule has 1 saturated heterocycles. The number of benzene rings is 1. The minimum absolute atomic E-state index is 0.103. The van der Waals surface area contributed by atoms with Gasteiger partial charge in [0.05, 0.1) is 16.7 Å². The highest BCUT2D eigenvalue weighted by molar-refractivity contribution is 5.95. The molecular weight excluding hydrogens is 344 g/mol. The van der Waals surface area contributed by atoms with Gasteiger partial charge in [0.15, 0.2) is 0 Å². The van der Waals surface area contributed by atoms with Crippen molar-refractivity contribution in [3.8, 4) is 0 Å². The third-order valence-electron chi connectivity index (χ3n) is 4.89. The first-order valence-corrected chi connectivity index (χ1v) is 9.21. The average molecular weight is 368 g/mol. The van der Waals surface area contributed by atoms with E-state index in [0.717, 1.165) is 18.5 Å². The molecule has 0 radical (unpaired) electrons. The molecule has 1 aromatic heterocycles. The van der Waals surface area contributed by atoms with Crippen LogP contribution in [-0.2, 0) is 0 Å². The van der Waals surface area contributed by atoms with Gasteiger partial charge in [0.25, 0.3) is 11.6 Å². The van der Waals surface area contributed by atoms with Crippen LogP contribution in [0.4, 0.5) is 11.4 Å². The lowest BCUT2D eigenvalue weighted by Crippen LogP contribution is -2.39. The van der Waals surface area contributed by atoms with Gasteiger partial charge in [-0.1, -0.05) is 13.0 Å². The number of hydrogen-bond donors (Lipinski definition) is 1. The van der Waals surface area contributed by atoms with E-state index in [0.29, 0.717) is 30.3 Å². The summed E-state index contributed by atoms with van der Waals surface area (Å²) in [5.74, 6) is 0.312. The first kappa shape index (κ1) is 18.8. The van der Waals surface area contributed by atoms with Crippen LogP contribution in [0.3, 0.4) is 0 Å². The van der Waals surface area contributed by atoms with E-state index in [4.69, 9.17) is 0 Å². The largest absolute Gasteiger partial charge is 0.371 e. The van der Waals surface area contributed by atoms with Crippen molar-refractivity contribution in [2.45, 2.75) is 32.7 Å². The van der Waals surface area contributed by atoms with Crippen molar-refractivity contribution in [2.24, 2.45) is 5.92 Å². The Morgan fingerprint density at radius 2 is 2.19 bits per heavy atom. The van der Waals surface area contributed by atoms with Crippen LogP contribution in [0.5, 0.6) is 0 Å². The summed E-state index contributed by atoms with van der Waals surface area (Å²) in [4.78, 5) is 29.9. The Morgan fingerprint density at radius 1 is 1.37 bits per heavy atom. The first-order chi connectivity index (χ1) is 13.0. The highest BCUT2D eigenvalue weighted by Crippen LogP contribution is 2.30. The molecule has 1 N–H and O–H groups in total. The van der Waals surface area contributed by atoms with Gasteiger partial charge in [0.1, 0.15) is 5.69 Å². The zero-order valence-electron chi connectivity index (χ0n) is 15.6. The molecule has 1 aliphatic heterocycles. The number of likely N-dealkylation sites (tertiary alicyclic amines) is 1. The number of nitrogens with one attached hydrogen (secondary N) is 1. The Morgan fingerprint density at radius 3 is 2.85 bits per heavy atom. The van der Waals surface area contributed by atoms with Crippen LogP contribution in [0.1, 0.15) is 48.8 Å². The van der Waals surface area contributed by atoms with Crippen LogP contribution < -0.4 is 5.32 Å². The fraction of sp³-hybridized carbons (Fsp3) is 0.400. The summed E-state index contributed by atoms with van der Waals surface area (Å²) in [6, 6.07) is 9.99. The van der Waals surface area contributed by atoms with Gasteiger partial charge in [-0.2, -0.15) is 0 Å². The van der Waals surface area contributed by atoms with E-state index >= 15 is 0 Å². The van der Waals surface area contributed by atoms with Crippen molar-refractivity contribution in [1.82, 2.24) is 9.88 Å². The van der Waals surface area contributed by atoms with Gasteiger partial charge in [0, 0.05) is 30.9 Å². The number of nitro benzene ring substituents is 1. The Labute approximate surface area is 158 Å². The van der Waals surface area contributed by atoms with Gasteiger partial charge in [-0.15, -0.1) is 0 Å². The van der Waals surface area contributed by atoms with E-state index in [9.17, 15) is 14.9 Å². The number of carbonyl (C=O) groups is 1. The molecule has 0 bridgehead atoms. The molecule has 0 aliphatic carbocycles. The smallest absolute Gasteiger partial charge is 0.293 e. The zero-order chi connectivity index (χ0) is 19.4. The van der Waals surface area contributed by atoms with Crippen molar-refractivity contribution >= 4 is 17.3 Å². The molecule has 1 amide bonds. The third kappa shape index (κ3) is 4.42. The molecule has 0 saturated carbocycles. The highest BCUT2D eigenvalue weighted by atomic mass is 16.6. The number of anilines is 1. The van der Waals surface area contributed by atoms with E-state index in [-0.39, 0.29) is 17.6 Å². The summed E-state index contributed by atoms with van der Waals surface area (Å²) in [7, 11) is 0. The van der Waals surface area contributed by atoms with Crippen molar-refractivity contribution in [3.63, 3.8) is 0 Å². The number of piperidine rings is 1. The number of hydrogen-bond acceptors (Lipinski definition) is 5. The molecule has 1 aromatic carbocycles. The minimum atomic E-state index is -0.455. The van der Waals surface area contributed by atoms with Crippen LogP contribution in [0.25, 0.3) is 0 Å². The Kier molecular flexibility index (Phi) is 5.69. The molecule has 7 heteroatoms. The van der Waals surface area contributed by atoms with Crippen molar-refractivity contribution in [3.05, 3.63) is 64.0 Å². The van der Waals surface area contributed by atoms with Crippen LogP contribution in [0.2, 0.25) is 0 Å². The lowest BCUT2D eigenvalue weighted by atomic mass is 9.99. The van der Waals surface area contributed by atoms with Gasteiger partial charge < -0.3 is 10.2 Å². The molecule has 1 aliphatic rings. The number of amides is 1. The van der Waals surface area contributed by atoms with Crippen molar-refractivity contribution in [2.75, 3.05) is 18.4 Å². The number of nitrogens with zero attached hydrogens (tertiary/aromatic N) is 3. The molecule has 3 rings (SSSR count). The van der Waals surface area contributed by atoms with Gasteiger partial charge >= 0.3 is 0 Å². The molecule has 2 atom stereocenters. The second kappa shape index (κ2) is 8.16. The van der Waals surface area contributed by atoms with E-state index in [1.807, 2.05) is 25.1 Å². The second-order valence-corrected chi connectivity index (χ2v) is 7.11. The molecule has 142 valence electrons. The summed E-state index contributed by atoms with van der Waals surface area (Å²) in [5, 5.41) is 14.7. The van der Waals surface area contributed by atoms with Crippen LogP contribution >= 0.6 is 0 Å². The molecule has 7 nitrogen and oxygen atoms in total. The molecule has 2 aromatic rings. The number of carbonyl (C=O) groups excluding carboxylic acids is 1. The Bertz CT molecular complexity index is 825. The zero-order valence-corrected chi connectivity index (χ0v) is 15.6. The second-order valence-electron chi connectivity index (χ2n) is 7.11. The highest BCUT2D eigenvalue weighted by Gasteiger charge is 2.25. The molecule has 27 heavy (non-hydrogen) atoms.